The van der Waals surface area contributed by atoms with Crippen LogP contribution in [0.25, 0.3) is 0 Å². The Bertz CT molecular complexity index is 932. The number of rotatable bonds is 6. The minimum Gasteiger partial charge on any atom is -0.322 e. The maximum absolute atomic E-state index is 14.1. The summed E-state index contributed by atoms with van der Waals surface area (Å²) in [6, 6.07) is 7.70. The number of hydrogen-bond acceptors (Lipinski definition) is 3. The Hall–Kier alpha value is -1.96. The summed E-state index contributed by atoms with van der Waals surface area (Å²) >= 11 is 6.01. The van der Waals surface area contributed by atoms with E-state index in [1.165, 1.54) is 6.07 Å². The van der Waals surface area contributed by atoms with E-state index in [0.29, 0.717) is 17.1 Å². The third kappa shape index (κ3) is 4.81. The lowest BCUT2D eigenvalue weighted by atomic mass is 10.2. The number of sulfonamides is 1. The summed E-state index contributed by atoms with van der Waals surface area (Å²) in [6.07, 6.45) is 0.599. The number of hydrogen-bond donors (Lipinski definition) is 2. The van der Waals surface area contributed by atoms with Crippen molar-refractivity contribution in [3.05, 3.63) is 58.4 Å². The molecule has 2 rings (SSSR count). The second kappa shape index (κ2) is 8.16. The third-order valence-electron chi connectivity index (χ3n) is 3.89. The highest BCUT2D eigenvalue weighted by Gasteiger charge is 2.21. The zero-order chi connectivity index (χ0) is 19.5. The predicted octanol–water partition coefficient (Wildman–Crippen LogP) is 4.12. The summed E-state index contributed by atoms with van der Waals surface area (Å²) in [7, 11) is -3.85. The van der Waals surface area contributed by atoms with E-state index < -0.39 is 21.7 Å². The number of carbonyl (C=O) groups excluding carboxylic acids is 1. The van der Waals surface area contributed by atoms with E-state index in [2.05, 4.69) is 10.0 Å². The van der Waals surface area contributed by atoms with E-state index in [-0.39, 0.29) is 16.5 Å². The van der Waals surface area contributed by atoms with Crippen molar-refractivity contribution in [1.82, 2.24) is 4.72 Å². The smallest absolute Gasteiger partial charge is 0.258 e. The monoisotopic (exact) mass is 398 g/mol. The summed E-state index contributed by atoms with van der Waals surface area (Å²) in [6.45, 7) is 5.37. The normalized spacial score (nSPS) is 12.7. The van der Waals surface area contributed by atoms with Gasteiger partial charge in [0.25, 0.3) is 5.91 Å². The fourth-order valence-corrected chi connectivity index (χ4v) is 3.66. The standard InChI is InChI=1S/C18H20ClFN2O3S/c1-4-12(3)22-26(24,25)14-7-8-17(20)15(10-14)18(23)21-13-6-5-11(2)16(19)9-13/h5-10,12,22H,4H2,1-3H3,(H,21,23). The molecule has 1 amide bonds. The van der Waals surface area contributed by atoms with Crippen LogP contribution in [-0.2, 0) is 10.0 Å². The van der Waals surface area contributed by atoms with Gasteiger partial charge in [0.2, 0.25) is 10.0 Å². The second-order valence-corrected chi connectivity index (χ2v) is 8.11. The molecule has 0 saturated carbocycles. The largest absolute Gasteiger partial charge is 0.322 e. The highest BCUT2D eigenvalue weighted by molar-refractivity contribution is 7.89. The van der Waals surface area contributed by atoms with Gasteiger partial charge >= 0.3 is 0 Å². The number of amides is 1. The number of aryl methyl sites for hydroxylation is 1. The lowest BCUT2D eigenvalue weighted by Crippen LogP contribution is -2.32. The summed E-state index contributed by atoms with van der Waals surface area (Å²) in [5.74, 6) is -1.58. The number of carbonyl (C=O) groups is 1. The van der Waals surface area contributed by atoms with Gasteiger partial charge in [0.1, 0.15) is 5.82 Å². The quantitative estimate of drug-likeness (QED) is 0.768. The van der Waals surface area contributed by atoms with Gasteiger partial charge in [-0.1, -0.05) is 24.6 Å². The van der Waals surface area contributed by atoms with Crippen LogP contribution < -0.4 is 10.0 Å². The molecule has 0 fully saturated rings. The number of benzene rings is 2. The zero-order valence-electron chi connectivity index (χ0n) is 14.6. The maximum atomic E-state index is 14.1. The molecule has 1 atom stereocenters. The zero-order valence-corrected chi connectivity index (χ0v) is 16.2. The molecule has 0 bridgehead atoms. The van der Waals surface area contributed by atoms with Crippen LogP contribution in [0.4, 0.5) is 10.1 Å². The molecule has 2 N–H and O–H groups in total. The Labute approximate surface area is 157 Å². The third-order valence-corrected chi connectivity index (χ3v) is 5.89. The Morgan fingerprint density at radius 1 is 1.23 bits per heavy atom. The van der Waals surface area contributed by atoms with Crippen molar-refractivity contribution in [2.45, 2.75) is 38.1 Å². The van der Waals surface area contributed by atoms with Crippen molar-refractivity contribution in [3.63, 3.8) is 0 Å². The van der Waals surface area contributed by atoms with Crippen LogP contribution >= 0.6 is 11.6 Å². The van der Waals surface area contributed by atoms with E-state index in [0.717, 1.165) is 23.8 Å². The molecule has 2 aromatic rings. The molecule has 8 heteroatoms. The van der Waals surface area contributed by atoms with E-state index in [1.54, 1.807) is 19.1 Å². The first kappa shape index (κ1) is 20.4. The van der Waals surface area contributed by atoms with Gasteiger partial charge in [-0.05, 0) is 56.2 Å². The first-order valence-corrected chi connectivity index (χ1v) is 9.89. The Kier molecular flexibility index (Phi) is 6.39. The van der Waals surface area contributed by atoms with Crippen molar-refractivity contribution >= 4 is 33.2 Å². The number of anilines is 1. The minimum atomic E-state index is -3.85. The Balaban J connectivity index is 2.31. The van der Waals surface area contributed by atoms with Crippen LogP contribution in [-0.4, -0.2) is 20.4 Å². The van der Waals surface area contributed by atoms with Crippen LogP contribution in [0, 0.1) is 12.7 Å². The molecule has 0 spiro atoms. The fraction of sp³-hybridized carbons (Fsp3) is 0.278. The van der Waals surface area contributed by atoms with E-state index in [1.807, 2.05) is 13.8 Å². The van der Waals surface area contributed by atoms with Gasteiger partial charge in [-0.2, -0.15) is 0 Å². The number of halogens is 2. The molecule has 0 aliphatic carbocycles. The predicted molar refractivity (Wildman–Crippen MR) is 101 cm³/mol. The summed E-state index contributed by atoms with van der Waals surface area (Å²) in [5, 5.41) is 2.97. The van der Waals surface area contributed by atoms with Gasteiger partial charge in [0.15, 0.2) is 0 Å². The van der Waals surface area contributed by atoms with Crippen molar-refractivity contribution < 1.29 is 17.6 Å². The molecule has 0 heterocycles. The first-order valence-electron chi connectivity index (χ1n) is 8.03. The lowest BCUT2D eigenvalue weighted by molar-refractivity contribution is 0.102. The Morgan fingerprint density at radius 2 is 1.92 bits per heavy atom. The molecule has 2 aromatic carbocycles. The molecule has 0 aromatic heterocycles. The fourth-order valence-electron chi connectivity index (χ4n) is 2.13. The molecule has 26 heavy (non-hydrogen) atoms. The first-order chi connectivity index (χ1) is 12.1. The molecular formula is C18H20ClFN2O3S. The van der Waals surface area contributed by atoms with E-state index >= 15 is 0 Å². The summed E-state index contributed by atoms with van der Waals surface area (Å²) in [5.41, 5.74) is 0.852. The Morgan fingerprint density at radius 3 is 2.54 bits per heavy atom. The highest BCUT2D eigenvalue weighted by atomic mass is 35.5. The summed E-state index contributed by atoms with van der Waals surface area (Å²) in [4.78, 5) is 12.2. The van der Waals surface area contributed by atoms with Crippen molar-refractivity contribution in [3.8, 4) is 0 Å². The van der Waals surface area contributed by atoms with E-state index in [9.17, 15) is 17.6 Å². The second-order valence-electron chi connectivity index (χ2n) is 5.99. The SMILES string of the molecule is CCC(C)NS(=O)(=O)c1ccc(F)c(C(=O)Nc2ccc(C)c(Cl)c2)c1. The molecule has 1 unspecified atom stereocenters. The topological polar surface area (TPSA) is 75.3 Å². The van der Waals surface area contributed by atoms with Crippen LogP contribution in [0.15, 0.2) is 41.3 Å². The van der Waals surface area contributed by atoms with Crippen molar-refractivity contribution in [2.24, 2.45) is 0 Å². The van der Waals surface area contributed by atoms with Crippen LogP contribution in [0.3, 0.4) is 0 Å². The van der Waals surface area contributed by atoms with Crippen molar-refractivity contribution in [1.29, 1.82) is 0 Å². The molecular weight excluding hydrogens is 379 g/mol. The molecule has 0 aliphatic rings. The molecule has 140 valence electrons. The maximum Gasteiger partial charge on any atom is 0.258 e. The number of nitrogens with one attached hydrogen (secondary N) is 2. The van der Waals surface area contributed by atoms with Crippen molar-refractivity contribution in [2.75, 3.05) is 5.32 Å². The summed E-state index contributed by atoms with van der Waals surface area (Å²) < 4.78 is 41.2. The van der Waals surface area contributed by atoms with E-state index in [4.69, 9.17) is 11.6 Å². The van der Waals surface area contributed by atoms with Gasteiger partial charge in [0.05, 0.1) is 10.5 Å². The van der Waals surface area contributed by atoms with Gasteiger partial charge in [-0.15, -0.1) is 0 Å². The molecule has 5 nitrogen and oxygen atoms in total. The van der Waals surface area contributed by atoms with Crippen LogP contribution in [0.2, 0.25) is 5.02 Å². The van der Waals surface area contributed by atoms with Crippen LogP contribution in [0.5, 0.6) is 0 Å². The molecule has 0 radical (unpaired) electrons. The van der Waals surface area contributed by atoms with Gasteiger partial charge < -0.3 is 5.32 Å². The molecule has 0 saturated heterocycles. The van der Waals surface area contributed by atoms with Gasteiger partial charge in [-0.3, -0.25) is 4.79 Å². The lowest BCUT2D eigenvalue weighted by Gasteiger charge is -2.13. The average Bonchev–Trinajstić information content (AvgIpc) is 2.57. The minimum absolute atomic E-state index is 0.175. The molecule has 0 aliphatic heterocycles. The highest BCUT2D eigenvalue weighted by Crippen LogP contribution is 2.22. The average molecular weight is 399 g/mol. The van der Waals surface area contributed by atoms with Crippen LogP contribution in [0.1, 0.15) is 36.2 Å². The van der Waals surface area contributed by atoms with Gasteiger partial charge in [0, 0.05) is 16.8 Å². The van der Waals surface area contributed by atoms with Gasteiger partial charge in [-0.25, -0.2) is 17.5 Å².